The second kappa shape index (κ2) is 13.7. The summed E-state index contributed by atoms with van der Waals surface area (Å²) < 4.78 is 5.04. The fraction of sp³-hybridized carbons (Fsp3) is 0.812. The number of carbonyl (C=O) groups is 1. The van der Waals surface area contributed by atoms with Gasteiger partial charge in [0.25, 0.3) is 0 Å². The molecule has 0 amide bonds. The second-order valence-corrected chi connectivity index (χ2v) is 13.9. The lowest BCUT2D eigenvalue weighted by Gasteiger charge is -2.09. The molecule has 0 rings (SSSR count). The molecule has 0 aliphatic rings. The molecule has 0 aromatic rings. The normalized spacial score (nSPS) is 12.0. The molecule has 0 N–H and O–H groups in total. The Morgan fingerprint density at radius 2 is 1.43 bits per heavy atom. The van der Waals surface area contributed by atoms with Crippen molar-refractivity contribution in [2.24, 2.45) is 0 Å². The fourth-order valence-corrected chi connectivity index (χ4v) is 3.80. The van der Waals surface area contributed by atoms with E-state index in [9.17, 15) is 4.79 Å². The Labute approximate surface area is 140 Å². The third-order valence-electron chi connectivity index (χ3n) is 3.31. The molecule has 0 saturated carbocycles. The highest BCUT2D eigenvalue weighted by molar-refractivity contribution is 7.44. The summed E-state index contributed by atoms with van der Waals surface area (Å²) in [4.78, 5) is 11.0. The summed E-state index contributed by atoms with van der Waals surface area (Å²) in [5, 5.41) is 0. The lowest BCUT2D eigenvalue weighted by Crippen LogP contribution is -2.11. The average molecular weight is 353 g/mol. The van der Waals surface area contributed by atoms with Gasteiger partial charge < -0.3 is 4.74 Å². The van der Waals surface area contributed by atoms with Crippen LogP contribution in [0.2, 0.25) is 12.6 Å². The van der Waals surface area contributed by atoms with E-state index in [1.165, 1.54) is 51.0 Å². The van der Waals surface area contributed by atoms with Crippen LogP contribution >= 0.6 is 22.2 Å². The molecule has 21 heavy (non-hydrogen) atoms. The smallest absolute Gasteiger partial charge is 0.330 e. The minimum Gasteiger partial charge on any atom is -0.463 e. The molecule has 0 bridgehead atoms. The van der Waals surface area contributed by atoms with Gasteiger partial charge in [-0.3, -0.25) is 0 Å². The van der Waals surface area contributed by atoms with Gasteiger partial charge in [-0.2, -0.15) is 0 Å². The summed E-state index contributed by atoms with van der Waals surface area (Å²) in [5.74, 6) is -0.231. The molecule has 0 atom stereocenters. The molecule has 0 aromatic carbocycles. The molecule has 2 nitrogen and oxygen atoms in total. The van der Waals surface area contributed by atoms with Crippen LogP contribution < -0.4 is 0 Å². The number of halogens is 2. The van der Waals surface area contributed by atoms with E-state index in [0.717, 1.165) is 18.9 Å². The minimum absolute atomic E-state index is 0.231. The number of hydrogen-bond donors (Lipinski definition) is 0. The SMILES string of the molecule is CC=CC(=O)OCCCCCCCCCCC[Si](C)(Cl)Cl. The van der Waals surface area contributed by atoms with E-state index in [-0.39, 0.29) is 5.97 Å². The zero-order valence-corrected chi connectivity index (χ0v) is 16.0. The van der Waals surface area contributed by atoms with Crippen LogP contribution in [0.25, 0.3) is 0 Å². The first kappa shape index (κ1) is 21.0. The van der Waals surface area contributed by atoms with Gasteiger partial charge in [0.1, 0.15) is 0 Å². The van der Waals surface area contributed by atoms with Crippen LogP contribution in [0.3, 0.4) is 0 Å². The Balaban J connectivity index is 3.14. The van der Waals surface area contributed by atoms with Crippen LogP contribution in [0, 0.1) is 0 Å². The van der Waals surface area contributed by atoms with Crippen LogP contribution in [-0.2, 0) is 9.53 Å². The summed E-state index contributed by atoms with van der Waals surface area (Å²) in [6.07, 6.45) is 14.1. The van der Waals surface area contributed by atoms with E-state index >= 15 is 0 Å². The van der Waals surface area contributed by atoms with E-state index in [0.29, 0.717) is 6.61 Å². The molecule has 0 unspecified atom stereocenters. The highest BCUT2D eigenvalue weighted by atomic mass is 35.7. The van der Waals surface area contributed by atoms with Gasteiger partial charge in [-0.15, -0.1) is 22.2 Å². The predicted molar refractivity (Wildman–Crippen MR) is 95.5 cm³/mol. The molecule has 0 heterocycles. The third-order valence-corrected chi connectivity index (χ3v) is 5.67. The van der Waals surface area contributed by atoms with Gasteiger partial charge in [0.15, 0.2) is 0 Å². The molecule has 0 fully saturated rings. The Morgan fingerprint density at radius 1 is 0.952 bits per heavy atom. The Morgan fingerprint density at radius 3 is 1.90 bits per heavy atom. The van der Waals surface area contributed by atoms with Gasteiger partial charge in [-0.25, -0.2) is 4.79 Å². The first-order chi connectivity index (χ1) is 9.95. The van der Waals surface area contributed by atoms with Crippen molar-refractivity contribution in [1.82, 2.24) is 0 Å². The number of allylic oxidation sites excluding steroid dienone is 1. The first-order valence-corrected chi connectivity index (χ1v) is 12.9. The Hall–Kier alpha value is 0.00688. The third kappa shape index (κ3) is 18.0. The van der Waals surface area contributed by atoms with E-state index in [4.69, 9.17) is 26.9 Å². The van der Waals surface area contributed by atoms with Crippen molar-refractivity contribution < 1.29 is 9.53 Å². The summed E-state index contributed by atoms with van der Waals surface area (Å²) in [7, 11) is 0. The first-order valence-electron chi connectivity index (χ1n) is 8.13. The van der Waals surface area contributed by atoms with E-state index < -0.39 is 6.69 Å². The zero-order valence-electron chi connectivity index (χ0n) is 13.5. The van der Waals surface area contributed by atoms with Crippen molar-refractivity contribution >= 4 is 34.8 Å². The molecule has 0 spiro atoms. The topological polar surface area (TPSA) is 26.3 Å². The van der Waals surface area contributed by atoms with Gasteiger partial charge in [0, 0.05) is 6.08 Å². The maximum Gasteiger partial charge on any atom is 0.330 e. The molecule has 0 aliphatic heterocycles. The zero-order chi connectivity index (χ0) is 16.0. The average Bonchev–Trinajstić information content (AvgIpc) is 2.39. The largest absolute Gasteiger partial charge is 0.463 e. The molecule has 5 heteroatoms. The van der Waals surface area contributed by atoms with E-state index in [1.807, 2.05) is 13.5 Å². The van der Waals surface area contributed by atoms with Gasteiger partial charge in [0.05, 0.1) is 6.61 Å². The van der Waals surface area contributed by atoms with Crippen LogP contribution in [0.5, 0.6) is 0 Å². The summed E-state index contributed by atoms with van der Waals surface area (Å²) in [6, 6.07) is 1.02. The van der Waals surface area contributed by atoms with Crippen molar-refractivity contribution in [3.05, 3.63) is 12.2 Å². The van der Waals surface area contributed by atoms with Gasteiger partial charge in [-0.05, 0) is 25.9 Å². The lowest BCUT2D eigenvalue weighted by atomic mass is 10.1. The van der Waals surface area contributed by atoms with Crippen LogP contribution in [0.15, 0.2) is 12.2 Å². The molecular formula is C16H30Cl2O2Si. The quantitative estimate of drug-likeness (QED) is 0.130. The number of rotatable bonds is 13. The molecule has 0 radical (unpaired) electrons. The Bertz CT molecular complexity index is 288. The standard InChI is InChI=1S/C16H30Cl2O2Si/c1-3-13-16(19)20-14-11-9-7-5-4-6-8-10-12-15-21(2,17)18/h3,13H,4-12,14-15H2,1-2H3. The van der Waals surface area contributed by atoms with Gasteiger partial charge >= 0.3 is 5.97 Å². The molecule has 124 valence electrons. The Kier molecular flexibility index (Phi) is 13.7. The molecule has 0 aromatic heterocycles. The number of unbranched alkanes of at least 4 members (excludes halogenated alkanes) is 8. The number of carbonyl (C=O) groups excluding carboxylic acids is 1. The van der Waals surface area contributed by atoms with E-state index in [1.54, 1.807) is 6.08 Å². The monoisotopic (exact) mass is 352 g/mol. The molecule has 0 aliphatic carbocycles. The lowest BCUT2D eigenvalue weighted by molar-refractivity contribution is -0.137. The number of hydrogen-bond acceptors (Lipinski definition) is 2. The van der Waals surface area contributed by atoms with Crippen molar-refractivity contribution in [2.45, 2.75) is 77.3 Å². The maximum absolute atomic E-state index is 11.0. The molecule has 0 saturated heterocycles. The van der Waals surface area contributed by atoms with Gasteiger partial charge in [0.2, 0.25) is 6.69 Å². The van der Waals surface area contributed by atoms with Gasteiger partial charge in [-0.1, -0.05) is 57.4 Å². The predicted octanol–water partition coefficient (Wildman–Crippen LogP) is 6.17. The highest BCUT2D eigenvalue weighted by Crippen LogP contribution is 2.23. The summed E-state index contributed by atoms with van der Waals surface area (Å²) in [6.45, 7) is 2.49. The van der Waals surface area contributed by atoms with Crippen LogP contribution in [0.4, 0.5) is 0 Å². The summed E-state index contributed by atoms with van der Waals surface area (Å²) >= 11 is 12.1. The van der Waals surface area contributed by atoms with Crippen molar-refractivity contribution in [1.29, 1.82) is 0 Å². The fourth-order valence-electron chi connectivity index (χ4n) is 2.13. The maximum atomic E-state index is 11.0. The highest BCUT2D eigenvalue weighted by Gasteiger charge is 2.19. The van der Waals surface area contributed by atoms with Crippen LogP contribution in [0.1, 0.15) is 64.7 Å². The summed E-state index contributed by atoms with van der Waals surface area (Å²) in [5.41, 5.74) is 0. The minimum atomic E-state index is -1.86. The number of ether oxygens (including phenoxy) is 1. The molecular weight excluding hydrogens is 323 g/mol. The van der Waals surface area contributed by atoms with Crippen molar-refractivity contribution in [3.8, 4) is 0 Å². The van der Waals surface area contributed by atoms with Crippen molar-refractivity contribution in [2.75, 3.05) is 6.61 Å². The van der Waals surface area contributed by atoms with Crippen LogP contribution in [-0.4, -0.2) is 19.3 Å². The van der Waals surface area contributed by atoms with Crippen molar-refractivity contribution in [3.63, 3.8) is 0 Å². The van der Waals surface area contributed by atoms with E-state index in [2.05, 4.69) is 0 Å². The second-order valence-electron chi connectivity index (χ2n) is 5.67. The number of esters is 1.